The Hall–Kier alpha value is -4.73. The summed E-state index contributed by atoms with van der Waals surface area (Å²) in [6.07, 6.45) is 0. The third-order valence-corrected chi connectivity index (χ3v) is 4.59. The highest BCUT2D eigenvalue weighted by atomic mass is 16.6. The molecular formula is C24H19N3O7. The highest BCUT2D eigenvalue weighted by Crippen LogP contribution is 2.21. The summed E-state index contributed by atoms with van der Waals surface area (Å²) in [6, 6.07) is 22.4. The van der Waals surface area contributed by atoms with Crippen molar-refractivity contribution in [2.45, 2.75) is 13.2 Å². The van der Waals surface area contributed by atoms with Crippen molar-refractivity contribution in [1.29, 1.82) is 0 Å². The van der Waals surface area contributed by atoms with Crippen LogP contribution in [0.25, 0.3) is 11.4 Å². The highest BCUT2D eigenvalue weighted by Gasteiger charge is 2.13. The van der Waals surface area contributed by atoms with E-state index in [1.54, 1.807) is 24.3 Å². The molecule has 4 aromatic rings. The SMILES string of the molecule is O=C(COc1ccc(OCc2ccccc2)cc1)OCc1nc(-c2ccc([N+](=O)[O-])cc2)no1. The van der Waals surface area contributed by atoms with Gasteiger partial charge in [-0.3, -0.25) is 10.1 Å². The summed E-state index contributed by atoms with van der Waals surface area (Å²) in [4.78, 5) is 26.3. The second kappa shape index (κ2) is 10.7. The van der Waals surface area contributed by atoms with E-state index in [2.05, 4.69) is 10.1 Å². The molecule has 0 saturated heterocycles. The van der Waals surface area contributed by atoms with Crippen molar-refractivity contribution in [2.24, 2.45) is 0 Å². The Morgan fingerprint density at radius 3 is 2.24 bits per heavy atom. The van der Waals surface area contributed by atoms with Crippen LogP contribution in [0.15, 0.2) is 83.4 Å². The van der Waals surface area contributed by atoms with Gasteiger partial charge >= 0.3 is 5.97 Å². The summed E-state index contributed by atoms with van der Waals surface area (Å²) in [6.45, 7) is -0.0725. The second-order valence-electron chi connectivity index (χ2n) is 7.01. The third-order valence-electron chi connectivity index (χ3n) is 4.59. The number of carbonyl (C=O) groups is 1. The lowest BCUT2D eigenvalue weighted by atomic mass is 10.2. The molecule has 10 heteroatoms. The van der Waals surface area contributed by atoms with E-state index in [1.807, 2.05) is 30.3 Å². The molecule has 0 radical (unpaired) electrons. The van der Waals surface area contributed by atoms with Crippen LogP contribution in [0.2, 0.25) is 0 Å². The number of nitro groups is 1. The van der Waals surface area contributed by atoms with E-state index in [0.29, 0.717) is 23.7 Å². The normalized spacial score (nSPS) is 10.5. The topological polar surface area (TPSA) is 127 Å². The van der Waals surface area contributed by atoms with Crippen LogP contribution < -0.4 is 9.47 Å². The molecule has 0 unspecified atom stereocenters. The lowest BCUT2D eigenvalue weighted by Gasteiger charge is -2.08. The average molecular weight is 461 g/mol. The summed E-state index contributed by atoms with van der Waals surface area (Å²) in [7, 11) is 0. The fourth-order valence-electron chi connectivity index (χ4n) is 2.86. The van der Waals surface area contributed by atoms with Gasteiger partial charge in [-0.05, 0) is 42.0 Å². The quantitative estimate of drug-likeness (QED) is 0.192. The number of nitrogens with zero attached hydrogens (tertiary/aromatic N) is 3. The van der Waals surface area contributed by atoms with Gasteiger partial charge in [-0.1, -0.05) is 35.5 Å². The largest absolute Gasteiger partial charge is 0.489 e. The van der Waals surface area contributed by atoms with E-state index in [1.165, 1.54) is 24.3 Å². The van der Waals surface area contributed by atoms with E-state index in [0.717, 1.165) is 5.56 Å². The van der Waals surface area contributed by atoms with Crippen LogP contribution in [0, 0.1) is 10.1 Å². The molecule has 0 aliphatic carbocycles. The zero-order valence-electron chi connectivity index (χ0n) is 17.8. The van der Waals surface area contributed by atoms with Gasteiger partial charge in [0.2, 0.25) is 5.82 Å². The number of carbonyl (C=O) groups excluding carboxylic acids is 1. The molecule has 1 heterocycles. The smallest absolute Gasteiger partial charge is 0.344 e. The van der Waals surface area contributed by atoms with E-state index in [-0.39, 0.29) is 30.6 Å². The van der Waals surface area contributed by atoms with E-state index < -0.39 is 10.9 Å². The second-order valence-corrected chi connectivity index (χ2v) is 7.01. The maximum atomic E-state index is 12.0. The van der Waals surface area contributed by atoms with E-state index in [9.17, 15) is 14.9 Å². The molecule has 0 spiro atoms. The van der Waals surface area contributed by atoms with Crippen LogP contribution in [0.3, 0.4) is 0 Å². The molecule has 0 saturated carbocycles. The monoisotopic (exact) mass is 461 g/mol. The number of hydrogen-bond acceptors (Lipinski definition) is 9. The summed E-state index contributed by atoms with van der Waals surface area (Å²) in [5, 5.41) is 14.5. The van der Waals surface area contributed by atoms with Gasteiger partial charge in [0, 0.05) is 17.7 Å². The zero-order valence-corrected chi connectivity index (χ0v) is 17.8. The average Bonchev–Trinajstić information content (AvgIpc) is 3.35. The van der Waals surface area contributed by atoms with Crippen LogP contribution >= 0.6 is 0 Å². The minimum atomic E-state index is -0.612. The number of non-ortho nitro benzene ring substituents is 1. The van der Waals surface area contributed by atoms with Crippen LogP contribution in [-0.4, -0.2) is 27.6 Å². The number of hydrogen-bond donors (Lipinski definition) is 0. The number of rotatable bonds is 10. The molecule has 0 bridgehead atoms. The van der Waals surface area contributed by atoms with Crippen LogP contribution in [0.4, 0.5) is 5.69 Å². The number of esters is 1. The van der Waals surface area contributed by atoms with E-state index >= 15 is 0 Å². The van der Waals surface area contributed by atoms with Gasteiger partial charge in [-0.25, -0.2) is 4.79 Å². The van der Waals surface area contributed by atoms with Gasteiger partial charge in [-0.15, -0.1) is 0 Å². The Morgan fingerprint density at radius 1 is 0.882 bits per heavy atom. The van der Waals surface area contributed by atoms with Crippen molar-refractivity contribution in [3.8, 4) is 22.9 Å². The summed E-state index contributed by atoms with van der Waals surface area (Å²) < 4.78 is 21.3. The standard InChI is InChI=1S/C24H19N3O7/c28-23(16-32-21-12-10-20(11-13-21)31-14-17-4-2-1-3-5-17)33-15-22-25-24(26-34-22)18-6-8-19(9-7-18)27(29)30/h1-13H,14-16H2. The molecule has 0 atom stereocenters. The minimum absolute atomic E-state index is 0.0456. The lowest BCUT2D eigenvalue weighted by molar-refractivity contribution is -0.384. The predicted octanol–water partition coefficient (Wildman–Crippen LogP) is 4.35. The highest BCUT2D eigenvalue weighted by molar-refractivity contribution is 5.71. The van der Waals surface area contributed by atoms with Crippen molar-refractivity contribution in [3.05, 3.63) is 100 Å². The molecule has 172 valence electrons. The van der Waals surface area contributed by atoms with Gasteiger partial charge in [0.15, 0.2) is 13.2 Å². The summed E-state index contributed by atoms with van der Waals surface area (Å²) in [5.74, 6) is 0.870. The Bertz CT molecular complexity index is 1240. The van der Waals surface area contributed by atoms with Crippen LogP contribution in [0.5, 0.6) is 11.5 Å². The Kier molecular flexibility index (Phi) is 7.09. The molecule has 1 aromatic heterocycles. The number of ether oxygens (including phenoxy) is 3. The molecule has 0 amide bonds. The van der Waals surface area contributed by atoms with Crippen LogP contribution in [-0.2, 0) is 22.7 Å². The molecule has 34 heavy (non-hydrogen) atoms. The molecular weight excluding hydrogens is 442 g/mol. The number of aromatic nitrogens is 2. The Balaban J connectivity index is 1.20. The fourth-order valence-corrected chi connectivity index (χ4v) is 2.86. The maximum absolute atomic E-state index is 12.0. The Morgan fingerprint density at radius 2 is 1.56 bits per heavy atom. The molecule has 0 aliphatic rings. The van der Waals surface area contributed by atoms with Crippen LogP contribution in [0.1, 0.15) is 11.5 Å². The zero-order chi connectivity index (χ0) is 23.8. The summed E-state index contributed by atoms with van der Waals surface area (Å²) in [5.41, 5.74) is 1.55. The van der Waals surface area contributed by atoms with Crippen molar-refractivity contribution in [1.82, 2.24) is 10.1 Å². The Labute approximate surface area is 193 Å². The predicted molar refractivity (Wildman–Crippen MR) is 119 cm³/mol. The molecule has 3 aromatic carbocycles. The van der Waals surface area contributed by atoms with Gasteiger partial charge in [-0.2, -0.15) is 4.98 Å². The number of benzene rings is 3. The first-order chi connectivity index (χ1) is 16.6. The molecule has 0 N–H and O–H groups in total. The van der Waals surface area contributed by atoms with Gasteiger partial charge in [0.1, 0.15) is 18.1 Å². The first-order valence-electron chi connectivity index (χ1n) is 10.2. The van der Waals surface area contributed by atoms with E-state index in [4.69, 9.17) is 18.7 Å². The molecule has 10 nitrogen and oxygen atoms in total. The minimum Gasteiger partial charge on any atom is -0.489 e. The van der Waals surface area contributed by atoms with Crippen molar-refractivity contribution in [3.63, 3.8) is 0 Å². The van der Waals surface area contributed by atoms with Crippen molar-refractivity contribution < 1.29 is 28.5 Å². The number of nitro benzene ring substituents is 1. The van der Waals surface area contributed by atoms with Gasteiger partial charge in [0.05, 0.1) is 4.92 Å². The maximum Gasteiger partial charge on any atom is 0.344 e. The van der Waals surface area contributed by atoms with Crippen molar-refractivity contribution >= 4 is 11.7 Å². The molecule has 4 rings (SSSR count). The molecule has 0 aliphatic heterocycles. The summed E-state index contributed by atoms with van der Waals surface area (Å²) >= 11 is 0. The third kappa shape index (κ3) is 6.16. The van der Waals surface area contributed by atoms with Crippen molar-refractivity contribution in [2.75, 3.05) is 6.61 Å². The fraction of sp³-hybridized carbons (Fsp3) is 0.125. The van der Waals surface area contributed by atoms with Gasteiger partial charge < -0.3 is 18.7 Å². The molecule has 0 fully saturated rings. The lowest BCUT2D eigenvalue weighted by Crippen LogP contribution is -2.14. The first-order valence-corrected chi connectivity index (χ1v) is 10.2. The first kappa shape index (κ1) is 22.5. The van der Waals surface area contributed by atoms with Gasteiger partial charge in [0.25, 0.3) is 11.6 Å².